The van der Waals surface area contributed by atoms with Crippen LogP contribution in [0.25, 0.3) is 0 Å². The molecule has 1 aliphatic carbocycles. The maximum atomic E-state index is 11.9. The van der Waals surface area contributed by atoms with Gasteiger partial charge in [-0.3, -0.25) is 9.59 Å². The van der Waals surface area contributed by atoms with E-state index in [1.165, 1.54) is 0 Å². The number of carbonyl (C=O) groups excluding carboxylic acids is 2. The van der Waals surface area contributed by atoms with Gasteiger partial charge < -0.3 is 15.5 Å². The molecule has 3 aliphatic rings. The van der Waals surface area contributed by atoms with Gasteiger partial charge in [0.25, 0.3) is 0 Å². The van der Waals surface area contributed by atoms with Crippen LogP contribution < -0.4 is 10.6 Å². The Kier molecular flexibility index (Phi) is 3.24. The average molecular weight is 251 g/mol. The number of rotatable bonds is 4. The van der Waals surface area contributed by atoms with E-state index in [1.54, 1.807) is 0 Å². The zero-order chi connectivity index (χ0) is 12.5. The molecule has 2 heterocycles. The molecule has 2 unspecified atom stereocenters. The molecular formula is C13H21N3O2. The van der Waals surface area contributed by atoms with Crippen molar-refractivity contribution in [2.24, 2.45) is 0 Å². The van der Waals surface area contributed by atoms with Crippen molar-refractivity contribution in [2.75, 3.05) is 13.1 Å². The SMILES string of the molecule is O=C(CC1CCCN1)NC1CC(=O)N(C2CC2)C1. The molecule has 0 bridgehead atoms. The molecular weight excluding hydrogens is 230 g/mol. The first-order valence-corrected chi connectivity index (χ1v) is 7.04. The Balaban J connectivity index is 1.45. The van der Waals surface area contributed by atoms with Crippen molar-refractivity contribution in [3.63, 3.8) is 0 Å². The Morgan fingerprint density at radius 2 is 2.22 bits per heavy atom. The normalized spacial score (nSPS) is 32.0. The molecule has 0 aromatic rings. The molecule has 0 spiro atoms. The standard InChI is InChI=1S/C13H21N3O2/c17-12(6-9-2-1-5-14-9)15-10-7-13(18)16(8-10)11-3-4-11/h9-11,14H,1-8H2,(H,15,17). The summed E-state index contributed by atoms with van der Waals surface area (Å²) in [6.45, 7) is 1.74. The molecule has 5 heteroatoms. The van der Waals surface area contributed by atoms with Crippen molar-refractivity contribution < 1.29 is 9.59 Å². The van der Waals surface area contributed by atoms with Crippen molar-refractivity contribution in [1.29, 1.82) is 0 Å². The van der Waals surface area contributed by atoms with E-state index >= 15 is 0 Å². The molecule has 2 atom stereocenters. The summed E-state index contributed by atoms with van der Waals surface area (Å²) in [5.41, 5.74) is 0. The van der Waals surface area contributed by atoms with Gasteiger partial charge in [-0.2, -0.15) is 0 Å². The first-order valence-electron chi connectivity index (χ1n) is 7.04. The van der Waals surface area contributed by atoms with Gasteiger partial charge in [-0.1, -0.05) is 0 Å². The lowest BCUT2D eigenvalue weighted by Crippen LogP contribution is -2.40. The highest BCUT2D eigenvalue weighted by Gasteiger charge is 2.39. The second-order valence-electron chi connectivity index (χ2n) is 5.74. The van der Waals surface area contributed by atoms with Gasteiger partial charge in [0, 0.05) is 31.5 Å². The summed E-state index contributed by atoms with van der Waals surface area (Å²) in [7, 11) is 0. The van der Waals surface area contributed by atoms with Crippen molar-refractivity contribution in [3.05, 3.63) is 0 Å². The Bertz CT molecular complexity index is 348. The van der Waals surface area contributed by atoms with Crippen LogP contribution in [0, 0.1) is 0 Å². The molecule has 2 aliphatic heterocycles. The first-order chi connectivity index (χ1) is 8.72. The van der Waals surface area contributed by atoms with Crippen LogP contribution in [-0.2, 0) is 9.59 Å². The molecule has 100 valence electrons. The minimum absolute atomic E-state index is 0.0343. The van der Waals surface area contributed by atoms with Gasteiger partial charge in [-0.25, -0.2) is 0 Å². The van der Waals surface area contributed by atoms with Gasteiger partial charge in [-0.15, -0.1) is 0 Å². The van der Waals surface area contributed by atoms with Gasteiger partial charge in [0.05, 0.1) is 6.04 Å². The summed E-state index contributed by atoms with van der Waals surface area (Å²) in [6, 6.07) is 0.838. The minimum Gasteiger partial charge on any atom is -0.351 e. The highest BCUT2D eigenvalue weighted by molar-refractivity contribution is 5.82. The number of hydrogen-bond acceptors (Lipinski definition) is 3. The second kappa shape index (κ2) is 4.88. The highest BCUT2D eigenvalue weighted by Crippen LogP contribution is 2.30. The quantitative estimate of drug-likeness (QED) is 0.740. The zero-order valence-corrected chi connectivity index (χ0v) is 10.7. The molecule has 2 saturated heterocycles. The molecule has 5 nitrogen and oxygen atoms in total. The molecule has 0 aromatic carbocycles. The summed E-state index contributed by atoms with van der Waals surface area (Å²) >= 11 is 0. The second-order valence-corrected chi connectivity index (χ2v) is 5.74. The van der Waals surface area contributed by atoms with Gasteiger partial charge in [0.2, 0.25) is 11.8 Å². The minimum atomic E-state index is 0.0343. The average Bonchev–Trinajstić information content (AvgIpc) is 2.92. The lowest BCUT2D eigenvalue weighted by molar-refractivity contribution is -0.128. The van der Waals surface area contributed by atoms with Crippen molar-refractivity contribution in [1.82, 2.24) is 15.5 Å². The van der Waals surface area contributed by atoms with E-state index in [1.807, 2.05) is 4.90 Å². The first kappa shape index (κ1) is 12.0. The van der Waals surface area contributed by atoms with Crippen molar-refractivity contribution in [2.45, 2.75) is 56.7 Å². The van der Waals surface area contributed by atoms with E-state index in [-0.39, 0.29) is 17.9 Å². The van der Waals surface area contributed by atoms with Gasteiger partial charge in [0.15, 0.2) is 0 Å². The third-order valence-corrected chi connectivity index (χ3v) is 4.11. The van der Waals surface area contributed by atoms with E-state index in [2.05, 4.69) is 10.6 Å². The largest absolute Gasteiger partial charge is 0.351 e. The third kappa shape index (κ3) is 2.66. The van der Waals surface area contributed by atoms with E-state index in [9.17, 15) is 9.59 Å². The fourth-order valence-corrected chi connectivity index (χ4v) is 3.01. The third-order valence-electron chi connectivity index (χ3n) is 4.11. The molecule has 3 rings (SSSR count). The summed E-state index contributed by atoms with van der Waals surface area (Å²) in [4.78, 5) is 25.6. The van der Waals surface area contributed by atoms with E-state index in [4.69, 9.17) is 0 Å². The lowest BCUT2D eigenvalue weighted by Gasteiger charge is -2.17. The maximum Gasteiger partial charge on any atom is 0.225 e. The van der Waals surface area contributed by atoms with Crippen LogP contribution in [0.2, 0.25) is 0 Å². The smallest absolute Gasteiger partial charge is 0.225 e. The molecule has 0 radical (unpaired) electrons. The fraction of sp³-hybridized carbons (Fsp3) is 0.846. The van der Waals surface area contributed by atoms with Crippen molar-refractivity contribution >= 4 is 11.8 Å². The van der Waals surface area contributed by atoms with Gasteiger partial charge in [0.1, 0.15) is 0 Å². The van der Waals surface area contributed by atoms with Crippen LogP contribution in [-0.4, -0.2) is 47.9 Å². The molecule has 0 aromatic heterocycles. The summed E-state index contributed by atoms with van der Waals surface area (Å²) in [6.07, 6.45) is 5.56. The Labute approximate surface area is 107 Å². The maximum absolute atomic E-state index is 11.9. The molecule has 2 amide bonds. The zero-order valence-electron chi connectivity index (χ0n) is 10.7. The van der Waals surface area contributed by atoms with Crippen LogP contribution in [0.1, 0.15) is 38.5 Å². The van der Waals surface area contributed by atoms with E-state index < -0.39 is 0 Å². The van der Waals surface area contributed by atoms with Crippen LogP contribution in [0.15, 0.2) is 0 Å². The number of nitrogens with zero attached hydrogens (tertiary/aromatic N) is 1. The molecule has 1 saturated carbocycles. The van der Waals surface area contributed by atoms with Crippen molar-refractivity contribution in [3.8, 4) is 0 Å². The number of amides is 2. The van der Waals surface area contributed by atoms with Crippen LogP contribution in [0.3, 0.4) is 0 Å². The number of hydrogen-bond donors (Lipinski definition) is 2. The Morgan fingerprint density at radius 1 is 1.39 bits per heavy atom. The topological polar surface area (TPSA) is 61.4 Å². The molecule has 3 fully saturated rings. The fourth-order valence-electron chi connectivity index (χ4n) is 3.01. The predicted molar refractivity (Wildman–Crippen MR) is 66.9 cm³/mol. The monoisotopic (exact) mass is 251 g/mol. The Hall–Kier alpha value is -1.10. The number of nitrogens with one attached hydrogen (secondary N) is 2. The predicted octanol–water partition coefficient (Wildman–Crippen LogP) is 0.00800. The van der Waals surface area contributed by atoms with Gasteiger partial charge >= 0.3 is 0 Å². The van der Waals surface area contributed by atoms with Gasteiger partial charge in [-0.05, 0) is 32.2 Å². The lowest BCUT2D eigenvalue weighted by atomic mass is 10.1. The van der Waals surface area contributed by atoms with Crippen LogP contribution >= 0.6 is 0 Å². The molecule has 2 N–H and O–H groups in total. The van der Waals surface area contributed by atoms with E-state index in [0.29, 0.717) is 31.5 Å². The molecule has 18 heavy (non-hydrogen) atoms. The Morgan fingerprint density at radius 3 is 2.89 bits per heavy atom. The highest BCUT2D eigenvalue weighted by atomic mass is 16.2. The summed E-state index contributed by atoms with van der Waals surface area (Å²) < 4.78 is 0. The summed E-state index contributed by atoms with van der Waals surface area (Å²) in [5, 5.41) is 6.33. The number of likely N-dealkylation sites (tertiary alicyclic amines) is 1. The summed E-state index contributed by atoms with van der Waals surface area (Å²) in [5.74, 6) is 0.298. The van der Waals surface area contributed by atoms with Crippen LogP contribution in [0.4, 0.5) is 0 Å². The van der Waals surface area contributed by atoms with E-state index in [0.717, 1.165) is 32.2 Å². The number of carbonyl (C=O) groups is 2. The van der Waals surface area contributed by atoms with Crippen LogP contribution in [0.5, 0.6) is 0 Å².